The molecule has 1 aliphatic rings. The molecule has 2 nitrogen and oxygen atoms in total. The van der Waals surface area contributed by atoms with Gasteiger partial charge in [-0.3, -0.25) is 0 Å². The molecule has 2 rings (SSSR count). The minimum Gasteiger partial charge on any atom is -0.497 e. The van der Waals surface area contributed by atoms with E-state index in [1.807, 2.05) is 18.2 Å². The molecule has 1 aliphatic carbocycles. The van der Waals surface area contributed by atoms with E-state index in [1.165, 1.54) is 24.8 Å². The molecule has 1 unspecified atom stereocenters. The van der Waals surface area contributed by atoms with Crippen molar-refractivity contribution in [2.24, 2.45) is 0 Å². The van der Waals surface area contributed by atoms with Gasteiger partial charge < -0.3 is 9.47 Å². The fraction of sp³-hybridized carbons (Fsp3) is 0.538. The molecule has 1 aromatic rings. The maximum absolute atomic E-state index is 6.02. The van der Waals surface area contributed by atoms with Crippen LogP contribution < -0.4 is 4.74 Å². The number of halogens is 1. The van der Waals surface area contributed by atoms with Crippen LogP contribution in [0.5, 0.6) is 5.75 Å². The van der Waals surface area contributed by atoms with Gasteiger partial charge in [-0.2, -0.15) is 0 Å². The monoisotopic (exact) mass is 284 g/mol. The van der Waals surface area contributed by atoms with Crippen molar-refractivity contribution in [2.75, 3.05) is 12.4 Å². The number of alkyl halides is 1. The Morgan fingerprint density at radius 1 is 1.44 bits per heavy atom. The van der Waals surface area contributed by atoms with Crippen LogP contribution in [-0.4, -0.2) is 18.5 Å². The first kappa shape index (κ1) is 11.9. The summed E-state index contributed by atoms with van der Waals surface area (Å²) in [5.74, 6) is 0.889. The number of rotatable bonds is 5. The van der Waals surface area contributed by atoms with Crippen molar-refractivity contribution >= 4 is 15.9 Å². The van der Waals surface area contributed by atoms with Gasteiger partial charge in [0.05, 0.1) is 19.3 Å². The van der Waals surface area contributed by atoms with E-state index in [2.05, 4.69) is 22.0 Å². The van der Waals surface area contributed by atoms with E-state index in [1.54, 1.807) is 7.11 Å². The topological polar surface area (TPSA) is 18.5 Å². The molecule has 0 bridgehead atoms. The first-order chi connectivity index (χ1) is 7.83. The Bertz CT molecular complexity index is 336. The third-order valence-corrected chi connectivity index (χ3v) is 3.60. The Hall–Kier alpha value is -0.540. The van der Waals surface area contributed by atoms with Crippen LogP contribution in [0.15, 0.2) is 24.3 Å². The van der Waals surface area contributed by atoms with Crippen LogP contribution in [0.1, 0.15) is 30.9 Å². The van der Waals surface area contributed by atoms with Crippen molar-refractivity contribution < 1.29 is 9.47 Å². The molecule has 1 aromatic carbocycles. The van der Waals surface area contributed by atoms with Crippen LogP contribution in [0.25, 0.3) is 0 Å². The van der Waals surface area contributed by atoms with Crippen molar-refractivity contribution in [1.29, 1.82) is 0 Å². The van der Waals surface area contributed by atoms with E-state index in [9.17, 15) is 0 Å². The molecule has 3 heteroatoms. The molecule has 0 N–H and O–H groups in total. The average Bonchev–Trinajstić information content (AvgIpc) is 2.28. The Morgan fingerprint density at radius 2 is 2.25 bits per heavy atom. The summed E-state index contributed by atoms with van der Waals surface area (Å²) in [7, 11) is 1.69. The van der Waals surface area contributed by atoms with Gasteiger partial charge >= 0.3 is 0 Å². The summed E-state index contributed by atoms with van der Waals surface area (Å²) >= 11 is 3.52. The van der Waals surface area contributed by atoms with Crippen molar-refractivity contribution in [3.63, 3.8) is 0 Å². The summed E-state index contributed by atoms with van der Waals surface area (Å²) in [4.78, 5) is 0. The zero-order chi connectivity index (χ0) is 11.4. The van der Waals surface area contributed by atoms with E-state index in [0.717, 1.165) is 11.1 Å². The normalized spacial score (nSPS) is 17.9. The Balaban J connectivity index is 2.05. The lowest BCUT2D eigenvalue weighted by Crippen LogP contribution is -2.24. The zero-order valence-corrected chi connectivity index (χ0v) is 11.1. The van der Waals surface area contributed by atoms with Crippen molar-refractivity contribution in [3.8, 4) is 5.75 Å². The quantitative estimate of drug-likeness (QED) is 0.768. The number of hydrogen-bond acceptors (Lipinski definition) is 2. The third-order valence-electron chi connectivity index (χ3n) is 3.01. The molecule has 1 fully saturated rings. The summed E-state index contributed by atoms with van der Waals surface area (Å²) in [6, 6.07) is 8.10. The Morgan fingerprint density at radius 3 is 2.81 bits per heavy atom. The predicted molar refractivity (Wildman–Crippen MR) is 68.3 cm³/mol. The lowest BCUT2D eigenvalue weighted by Gasteiger charge is -2.30. The predicted octanol–water partition coefficient (Wildman–Crippen LogP) is 3.70. The number of hydrogen-bond donors (Lipinski definition) is 0. The summed E-state index contributed by atoms with van der Waals surface area (Å²) in [5.41, 5.74) is 1.18. The van der Waals surface area contributed by atoms with Gasteiger partial charge in [0, 0.05) is 5.33 Å². The zero-order valence-electron chi connectivity index (χ0n) is 9.49. The molecule has 0 amide bonds. The summed E-state index contributed by atoms with van der Waals surface area (Å²) in [6.07, 6.45) is 4.30. The van der Waals surface area contributed by atoms with Crippen molar-refractivity contribution in [3.05, 3.63) is 29.8 Å². The largest absolute Gasteiger partial charge is 0.497 e. The second-order valence-electron chi connectivity index (χ2n) is 4.11. The van der Waals surface area contributed by atoms with Gasteiger partial charge in [0.15, 0.2) is 0 Å². The molecule has 0 heterocycles. The van der Waals surface area contributed by atoms with Crippen molar-refractivity contribution in [1.82, 2.24) is 0 Å². The minimum absolute atomic E-state index is 0.139. The second kappa shape index (κ2) is 5.69. The maximum atomic E-state index is 6.02. The van der Waals surface area contributed by atoms with E-state index >= 15 is 0 Å². The molecular weight excluding hydrogens is 268 g/mol. The summed E-state index contributed by atoms with van der Waals surface area (Å²) in [5, 5.41) is 0.830. The van der Waals surface area contributed by atoms with E-state index in [4.69, 9.17) is 9.47 Å². The van der Waals surface area contributed by atoms with Crippen LogP contribution in [0.3, 0.4) is 0 Å². The highest BCUT2D eigenvalue weighted by Crippen LogP contribution is 2.31. The lowest BCUT2D eigenvalue weighted by atomic mass is 9.95. The summed E-state index contributed by atoms with van der Waals surface area (Å²) in [6.45, 7) is 0. The fourth-order valence-electron chi connectivity index (χ4n) is 1.78. The van der Waals surface area contributed by atoms with Gasteiger partial charge in [-0.1, -0.05) is 28.1 Å². The lowest BCUT2D eigenvalue weighted by molar-refractivity contribution is -0.0419. The van der Waals surface area contributed by atoms with Gasteiger partial charge in [-0.05, 0) is 37.0 Å². The smallest absolute Gasteiger partial charge is 0.119 e. The first-order valence-electron chi connectivity index (χ1n) is 5.69. The minimum atomic E-state index is 0.139. The molecule has 1 atom stereocenters. The standard InChI is InChI=1S/C13H17BrO2/c1-15-12-7-2-4-10(8-12)13(9-14)16-11-5-3-6-11/h2,4,7-8,11,13H,3,5-6,9H2,1H3. The Labute approximate surface area is 105 Å². The molecule has 0 spiro atoms. The highest BCUT2D eigenvalue weighted by Gasteiger charge is 2.23. The van der Waals surface area contributed by atoms with Crippen LogP contribution in [-0.2, 0) is 4.74 Å². The van der Waals surface area contributed by atoms with Gasteiger partial charge in [-0.15, -0.1) is 0 Å². The van der Waals surface area contributed by atoms with E-state index in [0.29, 0.717) is 6.10 Å². The van der Waals surface area contributed by atoms with Gasteiger partial charge in [0.2, 0.25) is 0 Å². The Kier molecular flexibility index (Phi) is 4.24. The molecule has 0 radical (unpaired) electrons. The van der Waals surface area contributed by atoms with Crippen LogP contribution >= 0.6 is 15.9 Å². The molecule has 1 saturated carbocycles. The molecule has 88 valence electrons. The maximum Gasteiger partial charge on any atom is 0.119 e. The molecule has 0 aromatic heterocycles. The van der Waals surface area contributed by atoms with Crippen LogP contribution in [0.4, 0.5) is 0 Å². The molecular formula is C13H17BrO2. The van der Waals surface area contributed by atoms with Gasteiger partial charge in [0.1, 0.15) is 5.75 Å². The number of methoxy groups -OCH3 is 1. The number of ether oxygens (including phenoxy) is 2. The van der Waals surface area contributed by atoms with Crippen LogP contribution in [0.2, 0.25) is 0 Å². The van der Waals surface area contributed by atoms with Gasteiger partial charge in [-0.25, -0.2) is 0 Å². The third kappa shape index (κ3) is 2.77. The number of benzene rings is 1. The highest BCUT2D eigenvalue weighted by atomic mass is 79.9. The van der Waals surface area contributed by atoms with Gasteiger partial charge in [0.25, 0.3) is 0 Å². The highest BCUT2D eigenvalue weighted by molar-refractivity contribution is 9.09. The average molecular weight is 285 g/mol. The summed E-state index contributed by atoms with van der Waals surface area (Å²) < 4.78 is 11.2. The second-order valence-corrected chi connectivity index (χ2v) is 4.76. The SMILES string of the molecule is COc1cccc(C(CBr)OC2CCC2)c1. The molecule has 0 saturated heterocycles. The molecule has 16 heavy (non-hydrogen) atoms. The molecule has 0 aliphatic heterocycles. The van der Waals surface area contributed by atoms with E-state index in [-0.39, 0.29) is 6.10 Å². The van der Waals surface area contributed by atoms with Crippen molar-refractivity contribution in [2.45, 2.75) is 31.5 Å². The van der Waals surface area contributed by atoms with Crippen LogP contribution in [0, 0.1) is 0 Å². The first-order valence-corrected chi connectivity index (χ1v) is 6.81. The fourth-order valence-corrected chi connectivity index (χ4v) is 2.31. The van der Waals surface area contributed by atoms with E-state index < -0.39 is 0 Å².